The Bertz CT molecular complexity index is 298. The summed E-state index contributed by atoms with van der Waals surface area (Å²) >= 11 is 0. The second kappa shape index (κ2) is 5.93. The molecule has 0 saturated heterocycles. The minimum Gasteiger partial charge on any atom is -0.497 e. The number of ether oxygens (including phenoxy) is 1. The molecule has 0 spiro atoms. The van der Waals surface area contributed by atoms with Gasteiger partial charge in [-0.2, -0.15) is 0 Å². The average molecular weight is 220 g/mol. The number of hydrogen-bond acceptors (Lipinski definition) is 1. The van der Waals surface area contributed by atoms with Crippen LogP contribution >= 0.6 is 0 Å². The lowest BCUT2D eigenvalue weighted by Gasteiger charge is -2.22. The van der Waals surface area contributed by atoms with E-state index in [1.165, 1.54) is 31.2 Å². The van der Waals surface area contributed by atoms with Gasteiger partial charge in [-0.25, -0.2) is 0 Å². The van der Waals surface area contributed by atoms with Crippen molar-refractivity contribution < 1.29 is 4.74 Å². The van der Waals surface area contributed by atoms with E-state index in [0.29, 0.717) is 5.41 Å². The number of rotatable bonds is 6. The smallest absolute Gasteiger partial charge is 0.118 e. The van der Waals surface area contributed by atoms with E-state index in [-0.39, 0.29) is 0 Å². The second-order valence-corrected chi connectivity index (χ2v) is 5.22. The quantitative estimate of drug-likeness (QED) is 0.688. The number of methoxy groups -OCH3 is 1. The average Bonchev–Trinajstić information content (AvgIpc) is 2.30. The van der Waals surface area contributed by atoms with Gasteiger partial charge in [0.25, 0.3) is 0 Å². The zero-order valence-electron chi connectivity index (χ0n) is 11.0. The molecule has 0 fully saturated rings. The van der Waals surface area contributed by atoms with Crippen LogP contribution in [0.1, 0.15) is 45.6 Å². The first-order chi connectivity index (χ1) is 7.57. The van der Waals surface area contributed by atoms with Crippen molar-refractivity contribution in [3.8, 4) is 5.75 Å². The molecule has 0 unspecified atom stereocenters. The van der Waals surface area contributed by atoms with E-state index in [1.807, 2.05) is 12.1 Å². The topological polar surface area (TPSA) is 9.23 Å². The molecule has 0 aliphatic carbocycles. The summed E-state index contributed by atoms with van der Waals surface area (Å²) in [7, 11) is 1.71. The highest BCUT2D eigenvalue weighted by Gasteiger charge is 2.13. The van der Waals surface area contributed by atoms with Crippen molar-refractivity contribution in [2.45, 2.75) is 46.5 Å². The third-order valence-corrected chi connectivity index (χ3v) is 3.44. The van der Waals surface area contributed by atoms with Crippen molar-refractivity contribution in [1.82, 2.24) is 0 Å². The predicted octanol–water partition coefficient (Wildman–Crippen LogP) is 4.45. The van der Waals surface area contributed by atoms with Gasteiger partial charge in [0.05, 0.1) is 7.11 Å². The third-order valence-electron chi connectivity index (χ3n) is 3.44. The first kappa shape index (κ1) is 13.1. The van der Waals surface area contributed by atoms with Crippen molar-refractivity contribution in [3.63, 3.8) is 0 Å². The Kier molecular flexibility index (Phi) is 4.85. The minimum atomic E-state index is 0.493. The molecule has 0 amide bonds. The zero-order chi connectivity index (χ0) is 12.0. The Hall–Kier alpha value is -0.980. The Morgan fingerprint density at radius 1 is 1.12 bits per heavy atom. The highest BCUT2D eigenvalue weighted by Crippen LogP contribution is 2.27. The Balaban J connectivity index is 2.37. The van der Waals surface area contributed by atoms with Crippen LogP contribution < -0.4 is 4.74 Å². The highest BCUT2D eigenvalue weighted by atomic mass is 16.5. The first-order valence-electron chi connectivity index (χ1n) is 6.20. The Morgan fingerprint density at radius 2 is 1.75 bits per heavy atom. The lowest BCUT2D eigenvalue weighted by atomic mass is 9.84. The molecule has 0 atom stereocenters. The van der Waals surface area contributed by atoms with Crippen molar-refractivity contribution in [2.24, 2.45) is 5.41 Å². The SMILES string of the molecule is CCC(C)(C)CCCc1ccc(OC)cc1. The fourth-order valence-corrected chi connectivity index (χ4v) is 1.74. The molecular weight excluding hydrogens is 196 g/mol. The molecule has 1 heteroatoms. The predicted molar refractivity (Wildman–Crippen MR) is 70.0 cm³/mol. The molecule has 1 aromatic rings. The van der Waals surface area contributed by atoms with E-state index in [2.05, 4.69) is 32.9 Å². The van der Waals surface area contributed by atoms with E-state index in [4.69, 9.17) is 4.74 Å². The normalized spacial score (nSPS) is 11.5. The minimum absolute atomic E-state index is 0.493. The monoisotopic (exact) mass is 220 g/mol. The Labute approximate surface area is 99.8 Å². The van der Waals surface area contributed by atoms with E-state index < -0.39 is 0 Å². The van der Waals surface area contributed by atoms with Gasteiger partial charge in [-0.15, -0.1) is 0 Å². The largest absolute Gasteiger partial charge is 0.497 e. The summed E-state index contributed by atoms with van der Waals surface area (Å²) in [5.74, 6) is 0.942. The first-order valence-corrected chi connectivity index (χ1v) is 6.20. The summed E-state index contributed by atoms with van der Waals surface area (Å²) in [4.78, 5) is 0. The molecular formula is C15H24O. The molecule has 0 N–H and O–H groups in total. The van der Waals surface area contributed by atoms with Crippen LogP contribution in [-0.4, -0.2) is 7.11 Å². The standard InChI is InChI=1S/C15H24O/c1-5-15(2,3)12-6-7-13-8-10-14(16-4)11-9-13/h8-11H,5-7,12H2,1-4H3. The van der Waals surface area contributed by atoms with Gasteiger partial charge < -0.3 is 4.74 Å². The van der Waals surface area contributed by atoms with Gasteiger partial charge in [-0.1, -0.05) is 39.3 Å². The molecule has 1 rings (SSSR count). The molecule has 1 aromatic carbocycles. The maximum Gasteiger partial charge on any atom is 0.118 e. The van der Waals surface area contributed by atoms with Gasteiger partial charge in [0, 0.05) is 0 Å². The highest BCUT2D eigenvalue weighted by molar-refractivity contribution is 5.27. The summed E-state index contributed by atoms with van der Waals surface area (Å²) in [6.45, 7) is 6.97. The Morgan fingerprint density at radius 3 is 2.25 bits per heavy atom. The van der Waals surface area contributed by atoms with Crippen molar-refractivity contribution in [1.29, 1.82) is 0 Å². The van der Waals surface area contributed by atoms with Crippen molar-refractivity contribution in [3.05, 3.63) is 29.8 Å². The van der Waals surface area contributed by atoms with Crippen LogP contribution in [-0.2, 0) is 6.42 Å². The lowest BCUT2D eigenvalue weighted by molar-refractivity contribution is 0.313. The van der Waals surface area contributed by atoms with Gasteiger partial charge >= 0.3 is 0 Å². The molecule has 1 nitrogen and oxygen atoms in total. The maximum atomic E-state index is 5.15. The summed E-state index contributed by atoms with van der Waals surface area (Å²) in [5, 5.41) is 0. The van der Waals surface area contributed by atoms with E-state index in [0.717, 1.165) is 5.75 Å². The van der Waals surface area contributed by atoms with Gasteiger partial charge in [-0.3, -0.25) is 0 Å². The van der Waals surface area contributed by atoms with Crippen LogP contribution in [0, 0.1) is 5.41 Å². The van der Waals surface area contributed by atoms with E-state index in [1.54, 1.807) is 7.11 Å². The second-order valence-electron chi connectivity index (χ2n) is 5.22. The van der Waals surface area contributed by atoms with E-state index in [9.17, 15) is 0 Å². The van der Waals surface area contributed by atoms with Crippen LogP contribution in [0.3, 0.4) is 0 Å². The molecule has 90 valence electrons. The third kappa shape index (κ3) is 4.26. The summed E-state index contributed by atoms with van der Waals surface area (Å²) in [5.41, 5.74) is 1.90. The number of benzene rings is 1. The number of aryl methyl sites for hydroxylation is 1. The van der Waals surface area contributed by atoms with Crippen LogP contribution in [0.15, 0.2) is 24.3 Å². The van der Waals surface area contributed by atoms with E-state index >= 15 is 0 Å². The molecule has 0 radical (unpaired) electrons. The molecule has 0 aromatic heterocycles. The molecule has 0 aliphatic heterocycles. The van der Waals surface area contributed by atoms with Gasteiger partial charge in [-0.05, 0) is 42.4 Å². The molecule has 0 heterocycles. The molecule has 0 aliphatic rings. The van der Waals surface area contributed by atoms with Crippen LogP contribution in [0.2, 0.25) is 0 Å². The van der Waals surface area contributed by atoms with Crippen LogP contribution in [0.4, 0.5) is 0 Å². The molecule has 0 bridgehead atoms. The number of hydrogen-bond donors (Lipinski definition) is 0. The lowest BCUT2D eigenvalue weighted by Crippen LogP contribution is -2.09. The zero-order valence-corrected chi connectivity index (χ0v) is 11.0. The van der Waals surface area contributed by atoms with Gasteiger partial charge in [0.1, 0.15) is 5.75 Å². The maximum absolute atomic E-state index is 5.15. The summed E-state index contributed by atoms with van der Waals surface area (Å²) < 4.78 is 5.15. The fourth-order valence-electron chi connectivity index (χ4n) is 1.74. The van der Waals surface area contributed by atoms with Crippen LogP contribution in [0.25, 0.3) is 0 Å². The van der Waals surface area contributed by atoms with Crippen molar-refractivity contribution >= 4 is 0 Å². The molecule has 16 heavy (non-hydrogen) atoms. The van der Waals surface area contributed by atoms with Gasteiger partial charge in [0.15, 0.2) is 0 Å². The molecule has 0 saturated carbocycles. The van der Waals surface area contributed by atoms with Crippen LogP contribution in [0.5, 0.6) is 5.75 Å². The summed E-state index contributed by atoms with van der Waals surface area (Å²) in [6, 6.07) is 8.41. The summed E-state index contributed by atoms with van der Waals surface area (Å²) in [6.07, 6.45) is 5.01. The fraction of sp³-hybridized carbons (Fsp3) is 0.600. The van der Waals surface area contributed by atoms with Crippen molar-refractivity contribution in [2.75, 3.05) is 7.11 Å². The van der Waals surface area contributed by atoms with Gasteiger partial charge in [0.2, 0.25) is 0 Å².